The van der Waals surface area contributed by atoms with E-state index >= 15 is 9.59 Å². The zero-order chi connectivity index (χ0) is 55.9. The zero-order valence-corrected chi connectivity index (χ0v) is 38.6. The molecule has 2 aromatic rings. The predicted octanol–water partition coefficient (Wildman–Crippen LogP) is -6.42. The largest absolute Gasteiger partial charge is 0.508 e. The van der Waals surface area contributed by atoms with Crippen LogP contribution in [0, 0.1) is 5.92 Å². The molecule has 6 rings (SSSR count). The highest BCUT2D eigenvalue weighted by Crippen LogP contribution is 2.48. The summed E-state index contributed by atoms with van der Waals surface area (Å²) in [6.07, 6.45) is -34.3. The highest BCUT2D eigenvalue weighted by Gasteiger charge is 2.68. The van der Waals surface area contributed by atoms with Gasteiger partial charge < -0.3 is 117 Å². The van der Waals surface area contributed by atoms with Crippen molar-refractivity contribution >= 4 is 35.3 Å². The van der Waals surface area contributed by atoms with Crippen molar-refractivity contribution in [2.45, 2.75) is 96.7 Å². The highest BCUT2D eigenvalue weighted by molar-refractivity contribution is 6.31. The number of benzene rings is 2. The molecule has 2 aliphatic carbocycles. The van der Waals surface area contributed by atoms with Gasteiger partial charge in [0.2, 0.25) is 34.3 Å². The molecular formula is C48H54O27. The van der Waals surface area contributed by atoms with Crippen molar-refractivity contribution in [3.63, 3.8) is 0 Å². The Balaban J connectivity index is 1.77. The van der Waals surface area contributed by atoms with Gasteiger partial charge in [0, 0.05) is 0 Å². The highest BCUT2D eigenvalue weighted by atomic mass is 16.6. The van der Waals surface area contributed by atoms with Crippen LogP contribution < -0.4 is 0 Å². The molecule has 2 heterocycles. The summed E-state index contributed by atoms with van der Waals surface area (Å²) in [6, 6.07) is 9.47. The van der Waals surface area contributed by atoms with Gasteiger partial charge in [0.1, 0.15) is 125 Å². The third kappa shape index (κ3) is 10.1. The van der Waals surface area contributed by atoms with Gasteiger partial charge >= 0.3 is 0 Å². The second-order valence-corrected chi connectivity index (χ2v) is 17.9. The molecule has 75 heavy (non-hydrogen) atoms. The molecule has 2 fully saturated rings. The smallest absolute Gasteiger partial charge is 0.219 e. The normalized spacial score (nSPS) is 34.5. The van der Waals surface area contributed by atoms with Crippen LogP contribution in [0.25, 0.3) is 12.2 Å². The maximum Gasteiger partial charge on any atom is 0.219 e. The van der Waals surface area contributed by atoms with Crippen LogP contribution >= 0.6 is 0 Å². The van der Waals surface area contributed by atoms with Crippen molar-refractivity contribution in [3.05, 3.63) is 117 Å². The van der Waals surface area contributed by atoms with E-state index in [1.54, 1.807) is 0 Å². The standard InChI is InChI=1S/C48H54O27/c49-13-22(56)30(57)36(63)35(62)27(28-33(60)25(20(54)11-5-16-1-7-18(52)8-2-16)41(68)47(72,43(28)70)45-39(66)37(64)31(58)23(14-50)74-45)29-34(61)26(21(55)12-6-17-3-9-19(53)10-4-17)42(69)48(73,44(29)71)46-40(67)38(65)32(59)24(15-51)75-46/h1-12,22-24,27,30-32,35-40,45-46,49-67,72-73H,13-15H2/b11-5+,12-6+,25-20-,26-21-. The number of rotatable bonds is 15. The fourth-order valence-electron chi connectivity index (χ4n) is 9.07. The van der Waals surface area contributed by atoms with Crippen LogP contribution in [-0.4, -0.2) is 247 Å². The van der Waals surface area contributed by atoms with Gasteiger partial charge in [-0.05, 0) is 47.5 Å². The minimum absolute atomic E-state index is 0.0960. The van der Waals surface area contributed by atoms with E-state index in [9.17, 15) is 117 Å². The summed E-state index contributed by atoms with van der Waals surface area (Å²) in [5, 5.41) is 233. The van der Waals surface area contributed by atoms with E-state index in [2.05, 4.69) is 0 Å². The molecular weight excluding hydrogens is 1010 g/mol. The van der Waals surface area contributed by atoms with Crippen LogP contribution in [0.15, 0.2) is 106 Å². The second-order valence-electron chi connectivity index (χ2n) is 17.9. The van der Waals surface area contributed by atoms with Crippen molar-refractivity contribution in [1.29, 1.82) is 0 Å². The van der Waals surface area contributed by atoms with Crippen LogP contribution in [0.5, 0.6) is 11.5 Å². The summed E-state index contributed by atoms with van der Waals surface area (Å²) in [4.78, 5) is 60.1. The number of phenolic OH excluding ortho intramolecular Hbond substituents is 2. The van der Waals surface area contributed by atoms with Gasteiger partial charge in [-0.15, -0.1) is 0 Å². The maximum atomic E-state index is 15.3. The number of carbonyl (C=O) groups is 4. The number of phenols is 2. The lowest BCUT2D eigenvalue weighted by Crippen LogP contribution is -2.72. The second kappa shape index (κ2) is 22.5. The number of Topliss-reactive ketones (excluding diaryl/α,β-unsaturated/α-hetero) is 4. The first-order valence-electron chi connectivity index (χ1n) is 22.4. The summed E-state index contributed by atoms with van der Waals surface area (Å²) in [7, 11) is 0. The Morgan fingerprint density at radius 1 is 0.507 bits per heavy atom. The first kappa shape index (κ1) is 57.9. The molecule has 27 heteroatoms. The van der Waals surface area contributed by atoms with Gasteiger partial charge in [-0.1, -0.05) is 36.4 Å². The Hall–Kier alpha value is -6.32. The molecule has 408 valence electrons. The average molecular weight is 1060 g/mol. The van der Waals surface area contributed by atoms with Gasteiger partial charge in [-0.25, -0.2) is 0 Å². The first-order valence-corrected chi connectivity index (χ1v) is 22.4. The van der Waals surface area contributed by atoms with Gasteiger partial charge in [-0.3, -0.25) is 19.2 Å². The number of ether oxygens (including phenoxy) is 2. The summed E-state index contributed by atoms with van der Waals surface area (Å²) in [6.45, 7) is -4.07. The Labute approximate surface area is 421 Å². The van der Waals surface area contributed by atoms with E-state index in [-0.39, 0.29) is 22.6 Å². The van der Waals surface area contributed by atoms with Gasteiger partial charge in [-0.2, -0.15) is 0 Å². The Morgan fingerprint density at radius 3 is 1.17 bits per heavy atom. The van der Waals surface area contributed by atoms with E-state index < -0.39 is 191 Å². The minimum Gasteiger partial charge on any atom is -0.508 e. The molecule has 2 saturated heterocycles. The number of ketones is 4. The predicted molar refractivity (Wildman–Crippen MR) is 245 cm³/mol. The number of allylic oxidation sites excluding steroid dienone is 4. The summed E-state index contributed by atoms with van der Waals surface area (Å²) >= 11 is 0. The molecule has 16 unspecified atom stereocenters. The minimum atomic E-state index is -4.30. The summed E-state index contributed by atoms with van der Waals surface area (Å²) in [5.74, 6) is -20.2. The molecule has 0 bridgehead atoms. The molecule has 0 radical (unpaired) electrons. The molecule has 0 spiro atoms. The van der Waals surface area contributed by atoms with Crippen molar-refractivity contribution in [1.82, 2.24) is 0 Å². The summed E-state index contributed by atoms with van der Waals surface area (Å²) < 4.78 is 10.7. The quantitative estimate of drug-likeness (QED) is 0.0448. The van der Waals surface area contributed by atoms with Gasteiger partial charge in [0.05, 0.1) is 43.0 Å². The molecule has 16 atom stereocenters. The lowest BCUT2D eigenvalue weighted by atomic mass is 9.62. The maximum absolute atomic E-state index is 15.3. The fraction of sp³-hybridized carbons (Fsp3) is 0.417. The number of hydrogen-bond donors (Lipinski definition) is 21. The number of hydrogen-bond acceptors (Lipinski definition) is 27. The third-order valence-electron chi connectivity index (χ3n) is 13.3. The van der Waals surface area contributed by atoms with E-state index in [1.165, 1.54) is 24.3 Å². The Kier molecular flexibility index (Phi) is 17.4. The Morgan fingerprint density at radius 2 is 0.853 bits per heavy atom. The van der Waals surface area contributed by atoms with Crippen molar-refractivity contribution in [2.24, 2.45) is 5.92 Å². The molecule has 27 nitrogen and oxygen atoms in total. The molecule has 0 aromatic heterocycles. The molecule has 21 N–H and O–H groups in total. The van der Waals surface area contributed by atoms with Crippen LogP contribution in [0.1, 0.15) is 11.1 Å². The number of carbonyl (C=O) groups excluding carboxylic acids is 4. The number of aliphatic hydroxyl groups excluding tert-OH is 17. The van der Waals surface area contributed by atoms with Crippen molar-refractivity contribution in [2.75, 3.05) is 19.8 Å². The van der Waals surface area contributed by atoms with Gasteiger partial charge in [0.15, 0.2) is 0 Å². The molecule has 0 saturated carbocycles. The van der Waals surface area contributed by atoms with Crippen molar-refractivity contribution in [3.8, 4) is 11.5 Å². The summed E-state index contributed by atoms with van der Waals surface area (Å²) in [5.41, 5.74) is -15.7. The molecule has 2 aliphatic heterocycles. The topological polar surface area (TPSA) is 512 Å². The molecule has 0 amide bonds. The van der Waals surface area contributed by atoms with E-state index in [0.717, 1.165) is 36.4 Å². The Bertz CT molecular complexity index is 2530. The SMILES string of the molecule is O=C1C(C(C2=C(O)/C(=C(O)\C=C\c3ccc(O)cc3)C(=O)C(O)(C3OC(CO)C(O)C(O)C3O)C2=O)C(O)C(O)C(O)C(O)CO)=C(O)/C(=C(O)\C=C\c2ccc(O)cc2)C(=O)C1(O)C1OC(CO)C(O)C(O)C1O. The monoisotopic (exact) mass is 1060 g/mol. The van der Waals surface area contributed by atoms with Crippen LogP contribution in [0.3, 0.4) is 0 Å². The van der Waals surface area contributed by atoms with Crippen molar-refractivity contribution < 1.29 is 136 Å². The van der Waals surface area contributed by atoms with Gasteiger partial charge in [0.25, 0.3) is 0 Å². The zero-order valence-electron chi connectivity index (χ0n) is 38.6. The average Bonchev–Trinajstić information content (AvgIpc) is 3.39. The third-order valence-corrected chi connectivity index (χ3v) is 13.3. The van der Waals surface area contributed by atoms with Crippen LogP contribution in [0.4, 0.5) is 0 Å². The molecule has 4 aliphatic rings. The van der Waals surface area contributed by atoms with E-state index in [1.807, 2.05) is 0 Å². The first-order chi connectivity index (χ1) is 35.2. The number of aliphatic hydroxyl groups is 19. The fourth-order valence-corrected chi connectivity index (χ4v) is 9.07. The van der Waals surface area contributed by atoms with E-state index in [4.69, 9.17) is 9.47 Å². The van der Waals surface area contributed by atoms with Crippen LogP contribution in [0.2, 0.25) is 0 Å². The lowest BCUT2D eigenvalue weighted by molar-refractivity contribution is -0.261. The number of aromatic hydroxyl groups is 2. The van der Waals surface area contributed by atoms with E-state index in [0.29, 0.717) is 12.2 Å². The lowest BCUT2D eigenvalue weighted by Gasteiger charge is -2.48. The molecule has 2 aromatic carbocycles. The van der Waals surface area contributed by atoms with Crippen LogP contribution in [-0.2, 0) is 28.7 Å².